The lowest BCUT2D eigenvalue weighted by molar-refractivity contribution is 0.102. The van der Waals surface area contributed by atoms with E-state index in [2.05, 4.69) is 36.7 Å². The highest BCUT2D eigenvalue weighted by Gasteiger charge is 2.13. The number of benzene rings is 1. The van der Waals surface area contributed by atoms with Crippen molar-refractivity contribution in [3.8, 4) is 0 Å². The Morgan fingerprint density at radius 2 is 2.24 bits per heavy atom. The smallest absolute Gasteiger partial charge is 0.270 e. The van der Waals surface area contributed by atoms with Crippen LogP contribution in [0.5, 0.6) is 0 Å². The van der Waals surface area contributed by atoms with Crippen molar-refractivity contribution < 1.29 is 4.79 Å². The Morgan fingerprint density at radius 3 is 2.88 bits per heavy atom. The van der Waals surface area contributed by atoms with E-state index in [9.17, 15) is 4.79 Å². The monoisotopic (exact) mass is 295 g/mol. The first-order valence-corrected chi connectivity index (χ1v) is 5.67. The number of carbonyl (C=O) groups is 1. The summed E-state index contributed by atoms with van der Waals surface area (Å²) in [6.45, 7) is 1.92. The second-order valence-electron chi connectivity index (χ2n) is 3.49. The number of nitrogens with zero attached hydrogens (tertiary/aromatic N) is 4. The lowest BCUT2D eigenvalue weighted by Crippen LogP contribution is -2.14. The van der Waals surface area contributed by atoms with Gasteiger partial charge in [0.2, 0.25) is 0 Å². The molecule has 0 saturated carbocycles. The Labute approximate surface area is 106 Å². The molecule has 1 amide bonds. The summed E-state index contributed by atoms with van der Waals surface area (Å²) in [5.41, 5.74) is 1.53. The van der Waals surface area contributed by atoms with Gasteiger partial charge in [0.25, 0.3) is 11.9 Å². The van der Waals surface area contributed by atoms with Crippen LogP contribution in [-0.4, -0.2) is 26.1 Å². The largest absolute Gasteiger partial charge is 0.288 e. The van der Waals surface area contributed by atoms with Gasteiger partial charge < -0.3 is 0 Å². The van der Waals surface area contributed by atoms with Crippen LogP contribution in [0.3, 0.4) is 0 Å². The molecule has 0 aliphatic heterocycles. The third-order valence-corrected chi connectivity index (χ3v) is 3.22. The van der Waals surface area contributed by atoms with Crippen molar-refractivity contribution >= 4 is 27.8 Å². The Bertz CT molecular complexity index is 566. The molecule has 0 aliphatic carbocycles. The zero-order valence-electron chi connectivity index (χ0n) is 9.31. The number of rotatable bonds is 2. The first-order valence-electron chi connectivity index (χ1n) is 4.88. The highest BCUT2D eigenvalue weighted by molar-refractivity contribution is 9.10. The van der Waals surface area contributed by atoms with Crippen LogP contribution in [0.1, 0.15) is 15.9 Å². The Balaban J connectivity index is 2.23. The van der Waals surface area contributed by atoms with Gasteiger partial charge in [-0.1, -0.05) is 17.2 Å². The van der Waals surface area contributed by atoms with E-state index in [1.165, 1.54) is 4.80 Å². The summed E-state index contributed by atoms with van der Waals surface area (Å²) >= 11 is 3.38. The molecule has 17 heavy (non-hydrogen) atoms. The van der Waals surface area contributed by atoms with Gasteiger partial charge in [0.15, 0.2) is 0 Å². The zero-order chi connectivity index (χ0) is 12.4. The van der Waals surface area contributed by atoms with Crippen molar-refractivity contribution in [3.63, 3.8) is 0 Å². The van der Waals surface area contributed by atoms with E-state index >= 15 is 0 Å². The second kappa shape index (κ2) is 4.62. The molecule has 0 spiro atoms. The Morgan fingerprint density at radius 1 is 1.47 bits per heavy atom. The topological polar surface area (TPSA) is 72.7 Å². The number of tetrazole rings is 1. The number of anilines is 1. The van der Waals surface area contributed by atoms with E-state index in [0.29, 0.717) is 5.56 Å². The molecular weight excluding hydrogens is 286 g/mol. The molecule has 1 aromatic carbocycles. The maximum Gasteiger partial charge on any atom is 0.270 e. The molecule has 0 atom stereocenters. The normalized spacial score (nSPS) is 10.3. The van der Waals surface area contributed by atoms with E-state index in [-0.39, 0.29) is 11.9 Å². The standard InChI is InChI=1S/C10H10BrN5O/c1-6-4-3-5-7(8(6)11)9(17)12-10-13-15-16(2)14-10/h3-5H,1-2H3,(H,12,14,17). The molecule has 0 radical (unpaired) electrons. The highest BCUT2D eigenvalue weighted by atomic mass is 79.9. The van der Waals surface area contributed by atoms with Crippen molar-refractivity contribution in [1.29, 1.82) is 0 Å². The number of hydrogen-bond acceptors (Lipinski definition) is 4. The number of amides is 1. The Hall–Kier alpha value is -1.76. The number of nitrogens with one attached hydrogen (secondary N) is 1. The zero-order valence-corrected chi connectivity index (χ0v) is 10.9. The molecule has 0 unspecified atom stereocenters. The van der Waals surface area contributed by atoms with Crippen LogP contribution < -0.4 is 5.32 Å². The lowest BCUT2D eigenvalue weighted by Gasteiger charge is -2.05. The lowest BCUT2D eigenvalue weighted by atomic mass is 10.1. The van der Waals surface area contributed by atoms with E-state index in [1.807, 2.05) is 19.1 Å². The fraction of sp³-hybridized carbons (Fsp3) is 0.200. The molecule has 88 valence electrons. The van der Waals surface area contributed by atoms with Gasteiger partial charge in [-0.05, 0) is 39.7 Å². The van der Waals surface area contributed by atoms with Crippen LogP contribution >= 0.6 is 15.9 Å². The predicted molar refractivity (Wildman–Crippen MR) is 65.6 cm³/mol. The van der Waals surface area contributed by atoms with Gasteiger partial charge in [0.05, 0.1) is 12.6 Å². The van der Waals surface area contributed by atoms with Gasteiger partial charge in [-0.25, -0.2) is 0 Å². The molecule has 0 saturated heterocycles. The fourth-order valence-electron chi connectivity index (χ4n) is 1.33. The maximum atomic E-state index is 11.9. The number of hydrogen-bond donors (Lipinski definition) is 1. The van der Waals surface area contributed by atoms with E-state index in [4.69, 9.17) is 0 Å². The molecule has 2 rings (SSSR count). The summed E-state index contributed by atoms with van der Waals surface area (Å²) in [5, 5.41) is 13.8. The summed E-state index contributed by atoms with van der Waals surface area (Å²) in [7, 11) is 1.63. The molecule has 1 aromatic heterocycles. The van der Waals surface area contributed by atoms with Gasteiger partial charge in [-0.2, -0.15) is 4.80 Å². The van der Waals surface area contributed by atoms with Crippen molar-refractivity contribution in [2.75, 3.05) is 5.32 Å². The summed E-state index contributed by atoms with van der Waals surface area (Å²) in [6, 6.07) is 5.46. The minimum Gasteiger partial charge on any atom is -0.288 e. The van der Waals surface area contributed by atoms with Gasteiger partial charge >= 0.3 is 0 Å². The van der Waals surface area contributed by atoms with E-state index < -0.39 is 0 Å². The average Bonchev–Trinajstić information content (AvgIpc) is 2.68. The minimum atomic E-state index is -0.270. The SMILES string of the molecule is Cc1cccc(C(=O)Nc2nnn(C)n2)c1Br. The van der Waals surface area contributed by atoms with Gasteiger partial charge in [0.1, 0.15) is 0 Å². The fourth-order valence-corrected chi connectivity index (χ4v) is 1.77. The molecule has 6 nitrogen and oxygen atoms in total. The van der Waals surface area contributed by atoms with E-state index in [0.717, 1.165) is 10.0 Å². The van der Waals surface area contributed by atoms with Crippen LogP contribution in [0.2, 0.25) is 0 Å². The summed E-state index contributed by atoms with van der Waals surface area (Å²) in [5.74, 6) is -0.0838. The quantitative estimate of drug-likeness (QED) is 0.912. The van der Waals surface area contributed by atoms with E-state index in [1.54, 1.807) is 13.1 Å². The third-order valence-electron chi connectivity index (χ3n) is 2.17. The molecule has 7 heteroatoms. The minimum absolute atomic E-state index is 0.186. The van der Waals surface area contributed by atoms with Crippen LogP contribution in [0.4, 0.5) is 5.95 Å². The molecule has 0 aliphatic rings. The first kappa shape index (κ1) is 11.7. The van der Waals surface area contributed by atoms with Crippen molar-refractivity contribution in [2.45, 2.75) is 6.92 Å². The van der Waals surface area contributed by atoms with Crippen LogP contribution in [-0.2, 0) is 7.05 Å². The number of carbonyl (C=O) groups excluding carboxylic acids is 1. The first-order chi connectivity index (χ1) is 8.08. The highest BCUT2D eigenvalue weighted by Crippen LogP contribution is 2.21. The van der Waals surface area contributed by atoms with Crippen molar-refractivity contribution in [3.05, 3.63) is 33.8 Å². The number of aryl methyl sites for hydroxylation is 2. The van der Waals surface area contributed by atoms with Crippen LogP contribution in [0, 0.1) is 6.92 Å². The Kier molecular flexibility index (Phi) is 3.19. The maximum absolute atomic E-state index is 11.9. The van der Waals surface area contributed by atoms with Crippen molar-refractivity contribution in [2.24, 2.45) is 7.05 Å². The second-order valence-corrected chi connectivity index (χ2v) is 4.29. The number of halogens is 1. The molecule has 1 N–H and O–H groups in total. The van der Waals surface area contributed by atoms with Gasteiger partial charge in [0, 0.05) is 4.47 Å². The molecule has 1 heterocycles. The molecule has 0 fully saturated rings. The summed E-state index contributed by atoms with van der Waals surface area (Å²) in [6.07, 6.45) is 0. The predicted octanol–water partition coefficient (Wildman–Crippen LogP) is 1.53. The average molecular weight is 296 g/mol. The van der Waals surface area contributed by atoms with Gasteiger partial charge in [-0.15, -0.1) is 5.10 Å². The molecule has 0 bridgehead atoms. The molecule has 2 aromatic rings. The third kappa shape index (κ3) is 2.50. The van der Waals surface area contributed by atoms with Crippen LogP contribution in [0.25, 0.3) is 0 Å². The van der Waals surface area contributed by atoms with Gasteiger partial charge in [-0.3, -0.25) is 10.1 Å². The number of aromatic nitrogens is 4. The summed E-state index contributed by atoms with van der Waals surface area (Å²) < 4.78 is 0.765. The van der Waals surface area contributed by atoms with Crippen molar-refractivity contribution in [1.82, 2.24) is 20.2 Å². The molecular formula is C10H10BrN5O. The summed E-state index contributed by atoms with van der Waals surface area (Å²) in [4.78, 5) is 13.2. The van der Waals surface area contributed by atoms with Crippen LogP contribution in [0.15, 0.2) is 22.7 Å².